The van der Waals surface area contributed by atoms with Crippen LogP contribution < -0.4 is 4.74 Å². The zero-order valence-electron chi connectivity index (χ0n) is 28.6. The monoisotopic (exact) mass is 684 g/mol. The second kappa shape index (κ2) is 12.7. The van der Waals surface area contributed by atoms with Gasteiger partial charge in [0, 0.05) is 59.2 Å². The lowest BCUT2D eigenvalue weighted by Crippen LogP contribution is -2.00. The highest BCUT2D eigenvalue weighted by atomic mass is 16.5. The predicted octanol–water partition coefficient (Wildman–Crippen LogP) is 11.0. The van der Waals surface area contributed by atoms with E-state index < -0.39 is 0 Å². The molecule has 0 amide bonds. The number of ether oxygens (including phenoxy) is 1. The Morgan fingerprint density at radius 2 is 0.717 bits per heavy atom. The van der Waals surface area contributed by atoms with Gasteiger partial charge in [-0.15, -0.1) is 0 Å². The van der Waals surface area contributed by atoms with Crippen LogP contribution >= 0.6 is 0 Å². The van der Waals surface area contributed by atoms with E-state index in [-0.39, 0.29) is 0 Å². The zero-order chi connectivity index (χ0) is 35.1. The summed E-state index contributed by atoms with van der Waals surface area (Å²) in [6.07, 6.45) is 7.75. The van der Waals surface area contributed by atoms with Gasteiger partial charge in [0.1, 0.15) is 11.5 Å². The standard InChI is InChI=1S/C46H32N6O/c1-5-15-33(16-6-1)41-43(35-19-9-3-10-20-35)51(45-47-27-29-49(41)45)37-23-13-25-39(31-37)53-40-26-14-24-38(32-40)52-44(36-21-11-4-12-22-36)42(34-17-7-2-8-18-34)50-30-28-48-46(50)52/h1-32H. The van der Waals surface area contributed by atoms with Crippen LogP contribution in [0.15, 0.2) is 195 Å². The van der Waals surface area contributed by atoms with Crippen LogP contribution in [0.5, 0.6) is 11.5 Å². The first-order valence-corrected chi connectivity index (χ1v) is 17.6. The van der Waals surface area contributed by atoms with Gasteiger partial charge in [0.05, 0.1) is 34.2 Å². The number of hydrogen-bond acceptors (Lipinski definition) is 3. The van der Waals surface area contributed by atoms with Crippen LogP contribution in [0.4, 0.5) is 0 Å². The SMILES string of the molecule is c1ccc(-c2c(-c3ccccc3)n3ccnc3n2-c2cccc(Oc3cccc(-n4c(-c5ccccc5)c(-c5ccccc5)n5ccnc45)c3)c2)cc1. The molecule has 0 aliphatic heterocycles. The fourth-order valence-electron chi connectivity index (χ4n) is 7.38. The highest BCUT2D eigenvalue weighted by Gasteiger charge is 2.24. The molecule has 0 bridgehead atoms. The average molecular weight is 685 g/mol. The molecule has 10 aromatic rings. The van der Waals surface area contributed by atoms with Gasteiger partial charge in [-0.25, -0.2) is 9.97 Å². The van der Waals surface area contributed by atoms with Crippen molar-refractivity contribution in [3.63, 3.8) is 0 Å². The predicted molar refractivity (Wildman–Crippen MR) is 211 cm³/mol. The molecule has 6 aromatic carbocycles. The fourth-order valence-corrected chi connectivity index (χ4v) is 7.38. The Kier molecular flexibility index (Phi) is 7.32. The molecule has 0 saturated heterocycles. The van der Waals surface area contributed by atoms with Crippen molar-refractivity contribution in [3.8, 4) is 67.9 Å². The summed E-state index contributed by atoms with van der Waals surface area (Å²) in [5.74, 6) is 3.07. The maximum Gasteiger partial charge on any atom is 0.219 e. The Hall–Kier alpha value is -7.38. The smallest absolute Gasteiger partial charge is 0.219 e. The second-order valence-corrected chi connectivity index (χ2v) is 12.8. The summed E-state index contributed by atoms with van der Waals surface area (Å²) in [4.78, 5) is 9.68. The zero-order valence-corrected chi connectivity index (χ0v) is 28.6. The molecule has 53 heavy (non-hydrogen) atoms. The molecule has 4 heterocycles. The summed E-state index contributed by atoms with van der Waals surface area (Å²) >= 11 is 0. The molecule has 10 rings (SSSR count). The largest absolute Gasteiger partial charge is 0.457 e. The molecule has 7 nitrogen and oxygen atoms in total. The molecular weight excluding hydrogens is 653 g/mol. The lowest BCUT2D eigenvalue weighted by molar-refractivity contribution is 0.482. The van der Waals surface area contributed by atoms with Gasteiger partial charge in [-0.2, -0.15) is 0 Å². The fraction of sp³-hybridized carbons (Fsp3) is 0. The topological polar surface area (TPSA) is 53.7 Å². The highest BCUT2D eigenvalue weighted by Crippen LogP contribution is 2.40. The number of rotatable bonds is 8. The number of imidazole rings is 4. The Labute approximate surface area is 305 Å². The lowest BCUT2D eigenvalue weighted by atomic mass is 10.0. The molecule has 0 fully saturated rings. The van der Waals surface area contributed by atoms with E-state index >= 15 is 0 Å². The molecule has 7 heteroatoms. The van der Waals surface area contributed by atoms with E-state index in [4.69, 9.17) is 14.7 Å². The number of aromatic nitrogens is 6. The summed E-state index contributed by atoms with van der Waals surface area (Å²) in [6.45, 7) is 0. The van der Waals surface area contributed by atoms with Crippen molar-refractivity contribution < 1.29 is 4.74 Å². The van der Waals surface area contributed by atoms with E-state index in [0.29, 0.717) is 11.5 Å². The lowest BCUT2D eigenvalue weighted by Gasteiger charge is -2.14. The van der Waals surface area contributed by atoms with Gasteiger partial charge in [-0.3, -0.25) is 17.9 Å². The molecule has 0 spiro atoms. The van der Waals surface area contributed by atoms with Crippen LogP contribution in [-0.2, 0) is 0 Å². The third-order valence-corrected chi connectivity index (χ3v) is 9.60. The van der Waals surface area contributed by atoms with Crippen LogP contribution in [0, 0.1) is 0 Å². The van der Waals surface area contributed by atoms with Crippen LogP contribution in [-0.4, -0.2) is 27.9 Å². The van der Waals surface area contributed by atoms with Gasteiger partial charge < -0.3 is 4.74 Å². The molecule has 0 aliphatic carbocycles. The molecule has 0 atom stereocenters. The molecule has 4 aromatic heterocycles. The Morgan fingerprint density at radius 3 is 1.09 bits per heavy atom. The summed E-state index contributed by atoms with van der Waals surface area (Å²) in [5, 5.41) is 0. The molecule has 0 saturated carbocycles. The second-order valence-electron chi connectivity index (χ2n) is 12.8. The Bertz CT molecular complexity index is 2650. The third kappa shape index (κ3) is 5.22. The van der Waals surface area contributed by atoms with Crippen molar-refractivity contribution in [1.29, 1.82) is 0 Å². The van der Waals surface area contributed by atoms with Crippen LogP contribution in [0.25, 0.3) is 68.0 Å². The first-order valence-electron chi connectivity index (χ1n) is 17.6. The van der Waals surface area contributed by atoms with Crippen molar-refractivity contribution in [2.24, 2.45) is 0 Å². The molecular formula is C46H32N6O. The molecule has 0 unspecified atom stereocenters. The Balaban J connectivity index is 1.09. The third-order valence-electron chi connectivity index (χ3n) is 9.60. The number of hydrogen-bond donors (Lipinski definition) is 0. The summed E-state index contributed by atoms with van der Waals surface area (Å²) < 4.78 is 15.4. The minimum absolute atomic E-state index is 0.713. The minimum atomic E-state index is 0.713. The number of fused-ring (bicyclic) bond motifs is 2. The average Bonchev–Trinajstić information content (AvgIpc) is 4.01. The van der Waals surface area contributed by atoms with Gasteiger partial charge in [0.25, 0.3) is 0 Å². The molecule has 0 radical (unpaired) electrons. The van der Waals surface area contributed by atoms with Crippen molar-refractivity contribution in [2.45, 2.75) is 0 Å². The van der Waals surface area contributed by atoms with Crippen LogP contribution in [0.1, 0.15) is 0 Å². The van der Waals surface area contributed by atoms with Gasteiger partial charge >= 0.3 is 0 Å². The van der Waals surface area contributed by atoms with E-state index in [1.165, 1.54) is 0 Å². The first kappa shape index (κ1) is 30.4. The highest BCUT2D eigenvalue weighted by molar-refractivity contribution is 5.85. The maximum atomic E-state index is 6.68. The van der Waals surface area contributed by atoms with Crippen molar-refractivity contribution in [3.05, 3.63) is 195 Å². The maximum absolute atomic E-state index is 6.68. The van der Waals surface area contributed by atoms with Gasteiger partial charge in [-0.05, 0) is 24.3 Å². The van der Waals surface area contributed by atoms with Crippen molar-refractivity contribution in [1.82, 2.24) is 27.9 Å². The van der Waals surface area contributed by atoms with E-state index in [0.717, 1.165) is 68.0 Å². The van der Waals surface area contributed by atoms with Crippen LogP contribution in [0.3, 0.4) is 0 Å². The number of nitrogens with zero attached hydrogens (tertiary/aromatic N) is 6. The van der Waals surface area contributed by atoms with E-state index in [1.807, 2.05) is 73.3 Å². The first-order chi connectivity index (χ1) is 26.3. The van der Waals surface area contributed by atoms with Gasteiger partial charge in [0.15, 0.2) is 0 Å². The number of benzene rings is 6. The van der Waals surface area contributed by atoms with E-state index in [2.05, 4.69) is 139 Å². The van der Waals surface area contributed by atoms with Gasteiger partial charge in [0.2, 0.25) is 11.6 Å². The quantitative estimate of drug-likeness (QED) is 0.160. The minimum Gasteiger partial charge on any atom is -0.457 e. The summed E-state index contributed by atoms with van der Waals surface area (Å²) in [6, 6.07) is 58.3. The molecule has 0 aliphatic rings. The van der Waals surface area contributed by atoms with Gasteiger partial charge in [-0.1, -0.05) is 133 Å². The van der Waals surface area contributed by atoms with Crippen LogP contribution in [0.2, 0.25) is 0 Å². The van der Waals surface area contributed by atoms with Crippen molar-refractivity contribution >= 4 is 11.6 Å². The Morgan fingerprint density at radius 1 is 0.358 bits per heavy atom. The van der Waals surface area contributed by atoms with E-state index in [1.54, 1.807) is 0 Å². The molecule has 252 valence electrons. The summed E-state index contributed by atoms with van der Waals surface area (Å²) in [5.41, 5.74) is 10.6. The van der Waals surface area contributed by atoms with Crippen molar-refractivity contribution in [2.75, 3.05) is 0 Å². The van der Waals surface area contributed by atoms with E-state index in [9.17, 15) is 0 Å². The molecule has 0 N–H and O–H groups in total. The summed E-state index contributed by atoms with van der Waals surface area (Å²) in [7, 11) is 0. The normalized spacial score (nSPS) is 11.4.